The van der Waals surface area contributed by atoms with Gasteiger partial charge in [-0.05, 0) is 59.5 Å². The highest BCUT2D eigenvalue weighted by Crippen LogP contribution is 2.43. The number of carbonyl (C=O) groups excluding carboxylic acids is 4. The van der Waals surface area contributed by atoms with Crippen LogP contribution >= 0.6 is 0 Å². The van der Waals surface area contributed by atoms with Crippen LogP contribution in [0.25, 0.3) is 0 Å². The number of anilines is 2. The molecular weight excluding hydrogens is 850 g/mol. The van der Waals surface area contributed by atoms with E-state index in [1.807, 2.05) is 35.2 Å². The van der Waals surface area contributed by atoms with Crippen molar-refractivity contribution in [2.45, 2.75) is 102 Å². The van der Waals surface area contributed by atoms with Crippen molar-refractivity contribution in [1.29, 1.82) is 0 Å². The number of primary amides is 1. The molecule has 0 atom stereocenters. The van der Waals surface area contributed by atoms with Gasteiger partial charge in [0.1, 0.15) is 22.7 Å². The minimum atomic E-state index is -4.39. The van der Waals surface area contributed by atoms with Gasteiger partial charge in [0.2, 0.25) is 23.6 Å². The number of hydrogen-bond donors (Lipinski definition) is 2. The maximum atomic E-state index is 13.2. The number of para-hydroxylation sites is 4. The van der Waals surface area contributed by atoms with Crippen LogP contribution in [-0.4, -0.2) is 90.4 Å². The number of likely N-dealkylation sites (tertiary alicyclic amines) is 2. The summed E-state index contributed by atoms with van der Waals surface area (Å²) >= 11 is 0. The molecule has 15 heteroatoms. The van der Waals surface area contributed by atoms with Crippen LogP contribution in [-0.2, 0) is 44.9 Å². The Morgan fingerprint density at radius 3 is 1.61 bits per heavy atom. The summed E-state index contributed by atoms with van der Waals surface area (Å²) < 4.78 is 52.7. The molecule has 4 aromatic rings. The van der Waals surface area contributed by atoms with Crippen LogP contribution in [0.2, 0.25) is 0 Å². The van der Waals surface area contributed by atoms with E-state index < -0.39 is 23.2 Å². The highest BCUT2D eigenvalue weighted by Gasteiger charge is 2.42. The third-order valence-electron chi connectivity index (χ3n) is 13.3. The average Bonchev–Trinajstić information content (AvgIpc) is 3.55. The van der Waals surface area contributed by atoms with Crippen LogP contribution < -0.4 is 30.3 Å². The maximum absolute atomic E-state index is 13.2. The number of alkyl halides is 3. The molecule has 0 saturated carbocycles. The Morgan fingerprint density at radius 1 is 0.621 bits per heavy atom. The normalized spacial score (nSPS) is 17.5. The predicted molar refractivity (Wildman–Crippen MR) is 247 cm³/mol. The molecule has 3 N–H and O–H groups in total. The summed E-state index contributed by atoms with van der Waals surface area (Å²) in [4.78, 5) is 54.9. The van der Waals surface area contributed by atoms with Crippen LogP contribution in [0.3, 0.4) is 0 Å². The zero-order valence-corrected chi connectivity index (χ0v) is 37.9. The minimum Gasteiger partial charge on any atom is -0.485 e. The number of hydrogen-bond acceptors (Lipinski definition) is 8. The number of amides is 4. The standard InChI is InChI=1S/C26H33N3O3.C25H28F3N3O3/c1-3-21-8-10-22(11-9-21)19-29-17-14-26(32-24-7-5-4-6-23(24)29)12-15-28(16-13-26)25(31)18-27-20(2)30;26-25(27,28)19-5-3-4-18(16-19)17-31-15-12-24(34-21-7-2-1-6-20(21)31)10-13-30(14-11-24)23(33)9-8-22(29)32/h4-11H,3,12-19H2,1-2H3,(H,27,30);1-7,16H,8-15,17H2,(H2,29,32). The number of rotatable bonds is 10. The summed E-state index contributed by atoms with van der Waals surface area (Å²) in [5.41, 5.74) is 8.98. The van der Waals surface area contributed by atoms with Crippen molar-refractivity contribution in [3.8, 4) is 11.5 Å². The highest BCUT2D eigenvalue weighted by atomic mass is 19.4. The van der Waals surface area contributed by atoms with Gasteiger partial charge in [0.05, 0.1) is 23.5 Å². The SMILES string of the molecule is CCc1ccc(CN2CCC3(CCN(C(=O)CNC(C)=O)CC3)Oc3ccccc32)cc1.NC(=O)CCC(=O)N1CCC2(CC1)CCN(Cc1cccc(C(F)(F)F)c1)c1ccccc1O2. The maximum Gasteiger partial charge on any atom is 0.416 e. The minimum absolute atomic E-state index is 0.0266. The first kappa shape index (κ1) is 47.7. The predicted octanol–water partition coefficient (Wildman–Crippen LogP) is 7.66. The van der Waals surface area contributed by atoms with Gasteiger partial charge in [0.25, 0.3) is 0 Å². The first-order valence-corrected chi connectivity index (χ1v) is 23.0. The summed E-state index contributed by atoms with van der Waals surface area (Å²) in [6.45, 7) is 8.72. The average molecular weight is 911 g/mol. The van der Waals surface area contributed by atoms with Crippen LogP contribution in [0.4, 0.5) is 24.5 Å². The molecule has 4 amide bonds. The van der Waals surface area contributed by atoms with Gasteiger partial charge in [0.15, 0.2) is 0 Å². The first-order valence-electron chi connectivity index (χ1n) is 23.0. The Bertz CT molecular complexity index is 2320. The Kier molecular flexibility index (Phi) is 15.1. The molecule has 0 aliphatic carbocycles. The first-order chi connectivity index (χ1) is 31.6. The number of carbonyl (C=O) groups is 4. The summed E-state index contributed by atoms with van der Waals surface area (Å²) in [7, 11) is 0. The summed E-state index contributed by atoms with van der Waals surface area (Å²) in [5, 5.41) is 2.60. The smallest absolute Gasteiger partial charge is 0.416 e. The summed E-state index contributed by atoms with van der Waals surface area (Å²) in [6, 6.07) is 30.1. The van der Waals surface area contributed by atoms with Gasteiger partial charge in [0, 0.05) is 111 Å². The van der Waals surface area contributed by atoms with Crippen molar-refractivity contribution in [3.05, 3.63) is 119 Å². The fourth-order valence-corrected chi connectivity index (χ4v) is 9.32. The molecule has 4 heterocycles. The van der Waals surface area contributed by atoms with Gasteiger partial charge >= 0.3 is 6.18 Å². The third-order valence-corrected chi connectivity index (χ3v) is 13.3. The molecule has 2 spiro atoms. The number of nitrogens with zero attached hydrogens (tertiary/aromatic N) is 4. The van der Waals surface area contributed by atoms with E-state index in [9.17, 15) is 32.3 Å². The lowest BCUT2D eigenvalue weighted by atomic mass is 9.87. The van der Waals surface area contributed by atoms with Crippen molar-refractivity contribution >= 4 is 35.0 Å². The molecule has 0 bridgehead atoms. The van der Waals surface area contributed by atoms with Crippen LogP contribution in [0.1, 0.15) is 87.5 Å². The van der Waals surface area contributed by atoms with E-state index in [2.05, 4.69) is 64.5 Å². The molecule has 4 aromatic carbocycles. The number of nitrogens with two attached hydrogens (primary N) is 1. The molecule has 4 aliphatic rings. The molecule has 352 valence electrons. The van der Waals surface area contributed by atoms with E-state index in [-0.39, 0.29) is 42.7 Å². The molecule has 2 saturated heterocycles. The number of aryl methyl sites for hydroxylation is 1. The van der Waals surface area contributed by atoms with E-state index in [0.717, 1.165) is 62.0 Å². The number of ether oxygens (including phenoxy) is 2. The monoisotopic (exact) mass is 910 g/mol. The van der Waals surface area contributed by atoms with E-state index in [1.54, 1.807) is 11.0 Å². The lowest BCUT2D eigenvalue weighted by molar-refractivity contribution is -0.138. The van der Waals surface area contributed by atoms with Crippen LogP contribution in [0, 0.1) is 0 Å². The molecule has 12 nitrogen and oxygen atoms in total. The highest BCUT2D eigenvalue weighted by molar-refractivity contribution is 5.84. The topological polar surface area (TPSA) is 138 Å². The molecule has 66 heavy (non-hydrogen) atoms. The van der Waals surface area contributed by atoms with Gasteiger partial charge in [-0.3, -0.25) is 19.2 Å². The lowest BCUT2D eigenvalue weighted by Gasteiger charge is -2.41. The van der Waals surface area contributed by atoms with Crippen molar-refractivity contribution < 1.29 is 41.8 Å². The number of piperidine rings is 2. The Hall–Kier alpha value is -6.25. The van der Waals surface area contributed by atoms with Crippen molar-refractivity contribution in [2.24, 2.45) is 5.73 Å². The van der Waals surface area contributed by atoms with Crippen LogP contribution in [0.15, 0.2) is 97.1 Å². The van der Waals surface area contributed by atoms with Gasteiger partial charge in [-0.25, -0.2) is 0 Å². The van der Waals surface area contributed by atoms with E-state index >= 15 is 0 Å². The lowest BCUT2D eigenvalue weighted by Crippen LogP contribution is -2.52. The number of fused-ring (bicyclic) bond motifs is 2. The van der Waals surface area contributed by atoms with Gasteiger partial charge in [-0.15, -0.1) is 0 Å². The zero-order valence-electron chi connectivity index (χ0n) is 37.9. The summed E-state index contributed by atoms with van der Waals surface area (Å²) in [6.07, 6.45) is 1.29. The summed E-state index contributed by atoms with van der Waals surface area (Å²) in [5.74, 6) is 0.829. The number of benzene rings is 4. The third kappa shape index (κ3) is 12.1. The van der Waals surface area contributed by atoms with Crippen molar-refractivity contribution in [2.75, 3.05) is 55.6 Å². The fourth-order valence-electron chi connectivity index (χ4n) is 9.32. The van der Waals surface area contributed by atoms with Crippen LogP contribution in [0.5, 0.6) is 11.5 Å². The second-order valence-electron chi connectivity index (χ2n) is 17.9. The molecule has 0 radical (unpaired) electrons. The Balaban J connectivity index is 0.000000197. The molecule has 0 unspecified atom stereocenters. The van der Waals surface area contributed by atoms with Gasteiger partial charge < -0.3 is 40.1 Å². The van der Waals surface area contributed by atoms with E-state index in [1.165, 1.54) is 30.2 Å². The van der Waals surface area contributed by atoms with Gasteiger partial charge in [-0.2, -0.15) is 13.2 Å². The second-order valence-corrected chi connectivity index (χ2v) is 17.9. The number of nitrogens with one attached hydrogen (secondary N) is 1. The van der Waals surface area contributed by atoms with Gasteiger partial charge in [-0.1, -0.05) is 67.6 Å². The Labute approximate surface area is 385 Å². The Morgan fingerprint density at radius 2 is 1.11 bits per heavy atom. The van der Waals surface area contributed by atoms with Crippen molar-refractivity contribution in [3.63, 3.8) is 0 Å². The van der Waals surface area contributed by atoms with E-state index in [0.29, 0.717) is 69.8 Å². The zero-order chi connectivity index (χ0) is 46.9. The molecule has 2 fully saturated rings. The molecule has 0 aromatic heterocycles. The fraction of sp³-hybridized carbons (Fsp3) is 0.451. The second kappa shape index (κ2) is 20.9. The van der Waals surface area contributed by atoms with E-state index in [4.69, 9.17) is 15.2 Å². The quantitative estimate of drug-likeness (QED) is 0.166. The molecule has 8 rings (SSSR count). The van der Waals surface area contributed by atoms with Crippen molar-refractivity contribution in [1.82, 2.24) is 15.1 Å². The molecule has 4 aliphatic heterocycles. The number of halogens is 3. The molecular formula is C51H61F3N6O6. The largest absolute Gasteiger partial charge is 0.485 e.